The van der Waals surface area contributed by atoms with Crippen LogP contribution in [0.5, 0.6) is 0 Å². The Morgan fingerprint density at radius 1 is 1.53 bits per heavy atom. The Morgan fingerprint density at radius 2 is 2.21 bits per heavy atom. The van der Waals surface area contributed by atoms with Crippen molar-refractivity contribution in [3.63, 3.8) is 0 Å². The van der Waals surface area contributed by atoms with Gasteiger partial charge in [-0.2, -0.15) is 5.10 Å². The molecule has 0 N–H and O–H groups in total. The Hall–Kier alpha value is -1.95. The van der Waals surface area contributed by atoms with Crippen LogP contribution >= 0.6 is 11.6 Å². The summed E-state index contributed by atoms with van der Waals surface area (Å²) in [5.74, 6) is -0.380. The normalized spacial score (nSPS) is 10.7. The van der Waals surface area contributed by atoms with E-state index >= 15 is 0 Å². The molecule has 0 fully saturated rings. The van der Waals surface area contributed by atoms with E-state index in [4.69, 9.17) is 11.6 Å². The van der Waals surface area contributed by atoms with Gasteiger partial charge in [0.15, 0.2) is 0 Å². The van der Waals surface area contributed by atoms with E-state index in [0.717, 1.165) is 0 Å². The molecule has 0 amide bonds. The fourth-order valence-corrected chi connectivity index (χ4v) is 2.17. The summed E-state index contributed by atoms with van der Waals surface area (Å²) in [6.07, 6.45) is 0.392. The third-order valence-corrected chi connectivity index (χ3v) is 3.12. The van der Waals surface area contributed by atoms with Crippen molar-refractivity contribution in [2.75, 3.05) is 0 Å². The van der Waals surface area contributed by atoms with Crippen molar-refractivity contribution in [1.29, 1.82) is 0 Å². The first-order valence-electron chi connectivity index (χ1n) is 5.64. The lowest BCUT2D eigenvalue weighted by molar-refractivity contribution is -0.385. The van der Waals surface area contributed by atoms with Crippen molar-refractivity contribution in [2.24, 2.45) is 0 Å². The van der Waals surface area contributed by atoms with Gasteiger partial charge in [0.05, 0.1) is 10.6 Å². The molecular formula is C12H11ClFN3O2. The molecule has 2 aromatic rings. The van der Waals surface area contributed by atoms with Crippen molar-refractivity contribution < 1.29 is 9.31 Å². The van der Waals surface area contributed by atoms with Crippen LogP contribution in [0.1, 0.15) is 18.2 Å². The van der Waals surface area contributed by atoms with Gasteiger partial charge in [0, 0.05) is 0 Å². The second kappa shape index (κ2) is 4.97. The van der Waals surface area contributed by atoms with Crippen LogP contribution in [-0.2, 0) is 6.42 Å². The smallest absolute Gasteiger partial charge is 0.258 e. The SMILES string of the molecule is CCc1nn(-c2ccc(F)cc2C)c(Cl)c1[N+](=O)[O-]. The van der Waals surface area contributed by atoms with Gasteiger partial charge >= 0.3 is 5.69 Å². The van der Waals surface area contributed by atoms with E-state index in [1.54, 1.807) is 13.8 Å². The molecule has 19 heavy (non-hydrogen) atoms. The molecule has 7 heteroatoms. The summed E-state index contributed by atoms with van der Waals surface area (Å²) in [4.78, 5) is 10.4. The lowest BCUT2D eigenvalue weighted by Gasteiger charge is -2.06. The van der Waals surface area contributed by atoms with Gasteiger partial charge in [-0.05, 0) is 37.1 Å². The number of benzene rings is 1. The fourth-order valence-electron chi connectivity index (χ4n) is 1.87. The second-order valence-corrected chi connectivity index (χ2v) is 4.40. The van der Waals surface area contributed by atoms with Crippen LogP contribution in [0.25, 0.3) is 5.69 Å². The molecule has 0 atom stereocenters. The molecule has 0 spiro atoms. The number of halogens is 2. The quantitative estimate of drug-likeness (QED) is 0.640. The predicted octanol–water partition coefficient (Wildman–Crippen LogP) is 3.44. The third kappa shape index (κ3) is 2.31. The Morgan fingerprint density at radius 3 is 2.68 bits per heavy atom. The molecule has 0 aliphatic carbocycles. The highest BCUT2D eigenvalue weighted by Crippen LogP contribution is 2.31. The number of aryl methyl sites for hydroxylation is 2. The molecule has 1 heterocycles. The predicted molar refractivity (Wildman–Crippen MR) is 69.3 cm³/mol. The average molecular weight is 284 g/mol. The van der Waals surface area contributed by atoms with E-state index in [1.807, 2.05) is 0 Å². The molecular weight excluding hydrogens is 273 g/mol. The fraction of sp³-hybridized carbons (Fsp3) is 0.250. The average Bonchev–Trinajstić information content (AvgIpc) is 2.66. The molecule has 0 unspecified atom stereocenters. The first-order valence-corrected chi connectivity index (χ1v) is 6.01. The minimum atomic E-state index is -0.552. The topological polar surface area (TPSA) is 61.0 Å². The first kappa shape index (κ1) is 13.5. The van der Waals surface area contributed by atoms with Crippen molar-refractivity contribution in [3.05, 3.63) is 50.5 Å². The van der Waals surface area contributed by atoms with Crippen LogP contribution in [0.15, 0.2) is 18.2 Å². The Balaban J connectivity index is 2.66. The number of nitro groups is 1. The van der Waals surface area contributed by atoms with Crippen molar-refractivity contribution in [3.8, 4) is 5.69 Å². The maximum Gasteiger partial charge on any atom is 0.329 e. The molecule has 1 aromatic carbocycles. The standard InChI is InChI=1S/C12H11ClFN3O2/c1-3-9-11(17(18)19)12(13)16(15-9)10-5-4-8(14)6-7(10)2/h4-6H,3H2,1-2H3. The van der Waals surface area contributed by atoms with Gasteiger partial charge < -0.3 is 0 Å². The molecule has 100 valence electrons. The molecule has 0 radical (unpaired) electrons. The van der Waals surface area contributed by atoms with Crippen molar-refractivity contribution in [1.82, 2.24) is 9.78 Å². The number of rotatable bonds is 3. The molecule has 1 aromatic heterocycles. The van der Waals surface area contributed by atoms with Gasteiger partial charge in [0.25, 0.3) is 0 Å². The maximum atomic E-state index is 13.1. The van der Waals surface area contributed by atoms with Crippen LogP contribution < -0.4 is 0 Å². The molecule has 0 saturated carbocycles. The molecule has 5 nitrogen and oxygen atoms in total. The summed E-state index contributed by atoms with van der Waals surface area (Å²) in [5.41, 5.74) is 1.22. The van der Waals surface area contributed by atoms with Crippen LogP contribution in [0.2, 0.25) is 5.15 Å². The summed E-state index contributed by atoms with van der Waals surface area (Å²) in [7, 11) is 0. The van der Waals surface area contributed by atoms with E-state index in [1.165, 1.54) is 22.9 Å². The summed E-state index contributed by atoms with van der Waals surface area (Å²) < 4.78 is 14.3. The van der Waals surface area contributed by atoms with Crippen LogP contribution in [0.3, 0.4) is 0 Å². The zero-order valence-electron chi connectivity index (χ0n) is 10.4. The van der Waals surface area contributed by atoms with Gasteiger partial charge in [0.2, 0.25) is 5.15 Å². The third-order valence-electron chi connectivity index (χ3n) is 2.78. The van der Waals surface area contributed by atoms with Gasteiger partial charge in [-0.15, -0.1) is 0 Å². The molecule has 0 aliphatic heterocycles. The van der Waals surface area contributed by atoms with Crippen molar-refractivity contribution >= 4 is 17.3 Å². The maximum absolute atomic E-state index is 13.1. The molecule has 0 bridgehead atoms. The van der Waals surface area contributed by atoms with E-state index in [-0.39, 0.29) is 16.7 Å². The number of hydrogen-bond donors (Lipinski definition) is 0. The molecule has 0 aliphatic rings. The lowest BCUT2D eigenvalue weighted by atomic mass is 10.2. The van der Waals surface area contributed by atoms with Crippen LogP contribution in [-0.4, -0.2) is 14.7 Å². The molecule has 2 rings (SSSR count). The summed E-state index contributed by atoms with van der Waals surface area (Å²) in [5, 5.41) is 15.1. The zero-order valence-corrected chi connectivity index (χ0v) is 11.1. The minimum Gasteiger partial charge on any atom is -0.258 e. The van der Waals surface area contributed by atoms with E-state index in [2.05, 4.69) is 5.10 Å². The summed E-state index contributed by atoms with van der Waals surface area (Å²) in [6.45, 7) is 3.45. The Kier molecular flexibility index (Phi) is 3.53. The highest BCUT2D eigenvalue weighted by molar-refractivity contribution is 6.32. The summed E-state index contributed by atoms with van der Waals surface area (Å²) in [6, 6.07) is 4.08. The number of nitrogens with zero attached hydrogens (tertiary/aromatic N) is 3. The highest BCUT2D eigenvalue weighted by Gasteiger charge is 2.26. The van der Waals surface area contributed by atoms with E-state index in [9.17, 15) is 14.5 Å². The zero-order chi connectivity index (χ0) is 14.2. The highest BCUT2D eigenvalue weighted by atomic mass is 35.5. The lowest BCUT2D eigenvalue weighted by Crippen LogP contribution is -2.00. The largest absolute Gasteiger partial charge is 0.329 e. The van der Waals surface area contributed by atoms with Gasteiger partial charge in [-0.3, -0.25) is 10.1 Å². The molecule has 0 saturated heterocycles. The van der Waals surface area contributed by atoms with E-state index in [0.29, 0.717) is 23.4 Å². The first-order chi connectivity index (χ1) is 8.95. The van der Waals surface area contributed by atoms with Gasteiger partial charge in [-0.1, -0.05) is 18.5 Å². The Labute approximate surface area is 113 Å². The number of hydrogen-bond acceptors (Lipinski definition) is 3. The van der Waals surface area contributed by atoms with Crippen LogP contribution in [0.4, 0.5) is 10.1 Å². The minimum absolute atomic E-state index is 0.0726. The van der Waals surface area contributed by atoms with Gasteiger partial charge in [-0.25, -0.2) is 9.07 Å². The number of aromatic nitrogens is 2. The van der Waals surface area contributed by atoms with Crippen LogP contribution in [0, 0.1) is 22.9 Å². The Bertz CT molecular complexity index is 655. The van der Waals surface area contributed by atoms with E-state index < -0.39 is 4.92 Å². The van der Waals surface area contributed by atoms with Gasteiger partial charge in [0.1, 0.15) is 11.5 Å². The monoisotopic (exact) mass is 283 g/mol. The second-order valence-electron chi connectivity index (χ2n) is 4.04. The van der Waals surface area contributed by atoms with Crippen molar-refractivity contribution in [2.45, 2.75) is 20.3 Å². The summed E-state index contributed by atoms with van der Waals surface area (Å²) >= 11 is 6.01.